The van der Waals surface area contributed by atoms with E-state index in [9.17, 15) is 4.21 Å². The van der Waals surface area contributed by atoms with Gasteiger partial charge in [0.2, 0.25) is 0 Å². The molecule has 19 heavy (non-hydrogen) atoms. The normalized spacial score (nSPS) is 12.4. The average molecular weight is 338 g/mol. The number of nitrogens with two attached hydrogens (primary N) is 1. The molecule has 0 saturated heterocycles. The van der Waals surface area contributed by atoms with E-state index in [2.05, 4.69) is 15.9 Å². The van der Waals surface area contributed by atoms with E-state index >= 15 is 0 Å². The van der Waals surface area contributed by atoms with Crippen molar-refractivity contribution in [3.63, 3.8) is 0 Å². The number of nitrogen functional groups attached to an aromatic ring is 1. The van der Waals surface area contributed by atoms with Gasteiger partial charge in [-0.3, -0.25) is 4.21 Å². The van der Waals surface area contributed by atoms with Crippen molar-refractivity contribution < 1.29 is 4.21 Å². The molecule has 2 N–H and O–H groups in total. The maximum Gasteiger partial charge on any atom is 0.0577 e. The van der Waals surface area contributed by atoms with Crippen molar-refractivity contribution in [3.05, 3.63) is 57.6 Å². The summed E-state index contributed by atoms with van der Waals surface area (Å²) < 4.78 is 13.4. The minimum Gasteiger partial charge on any atom is -0.399 e. The van der Waals surface area contributed by atoms with Crippen LogP contribution in [0.1, 0.15) is 16.7 Å². The maximum absolute atomic E-state index is 12.5. The van der Waals surface area contributed by atoms with Crippen molar-refractivity contribution in [2.24, 2.45) is 0 Å². The smallest absolute Gasteiger partial charge is 0.0577 e. The lowest BCUT2D eigenvalue weighted by molar-refractivity contribution is 0.682. The molecule has 0 aliphatic rings. The number of aryl methyl sites for hydroxylation is 2. The van der Waals surface area contributed by atoms with Crippen LogP contribution in [0.25, 0.3) is 0 Å². The summed E-state index contributed by atoms with van der Waals surface area (Å²) in [7, 11) is -1.04. The highest BCUT2D eigenvalue weighted by molar-refractivity contribution is 9.10. The lowest BCUT2D eigenvalue weighted by Crippen LogP contribution is -2.00. The van der Waals surface area contributed by atoms with Gasteiger partial charge in [-0.1, -0.05) is 34.1 Å². The first kappa shape index (κ1) is 14.3. The van der Waals surface area contributed by atoms with Crippen LogP contribution >= 0.6 is 15.9 Å². The van der Waals surface area contributed by atoms with Crippen molar-refractivity contribution in [2.45, 2.75) is 24.5 Å². The van der Waals surface area contributed by atoms with E-state index in [1.54, 1.807) is 0 Å². The summed E-state index contributed by atoms with van der Waals surface area (Å²) in [6.45, 7) is 4.00. The van der Waals surface area contributed by atoms with E-state index in [4.69, 9.17) is 5.73 Å². The first-order valence-corrected chi connectivity index (χ1v) is 8.08. The van der Waals surface area contributed by atoms with E-state index < -0.39 is 10.8 Å². The summed E-state index contributed by atoms with van der Waals surface area (Å²) in [6.07, 6.45) is 0. The Labute approximate surface area is 124 Å². The van der Waals surface area contributed by atoms with E-state index in [0.717, 1.165) is 26.1 Å². The van der Waals surface area contributed by atoms with E-state index in [1.165, 1.54) is 0 Å². The molecule has 0 aliphatic heterocycles. The number of hydrogen-bond donors (Lipinski definition) is 1. The molecule has 0 radical (unpaired) electrons. The van der Waals surface area contributed by atoms with E-state index in [1.807, 2.05) is 50.2 Å². The maximum atomic E-state index is 12.5. The highest BCUT2D eigenvalue weighted by atomic mass is 79.9. The lowest BCUT2D eigenvalue weighted by Gasteiger charge is -2.09. The second-order valence-corrected chi connectivity index (χ2v) is 6.88. The van der Waals surface area contributed by atoms with Crippen LogP contribution in [0.3, 0.4) is 0 Å². The summed E-state index contributed by atoms with van der Waals surface area (Å²) >= 11 is 3.47. The Morgan fingerprint density at radius 2 is 1.89 bits per heavy atom. The predicted molar refractivity (Wildman–Crippen MR) is 84.6 cm³/mol. The molecule has 4 heteroatoms. The van der Waals surface area contributed by atoms with Gasteiger partial charge in [-0.15, -0.1) is 0 Å². The van der Waals surface area contributed by atoms with Gasteiger partial charge in [0.1, 0.15) is 0 Å². The largest absolute Gasteiger partial charge is 0.399 e. The SMILES string of the molecule is Cc1ccc(C)c(S(=O)Cc2ccc(N)cc2Br)c1. The molecule has 0 amide bonds. The first-order valence-electron chi connectivity index (χ1n) is 5.97. The molecule has 2 aromatic carbocycles. The third kappa shape index (κ3) is 3.45. The van der Waals surface area contributed by atoms with Gasteiger partial charge < -0.3 is 5.73 Å². The van der Waals surface area contributed by atoms with Gasteiger partial charge in [0.15, 0.2) is 0 Å². The predicted octanol–water partition coefficient (Wildman–Crippen LogP) is 3.96. The summed E-state index contributed by atoms with van der Waals surface area (Å²) in [4.78, 5) is 0.906. The fourth-order valence-electron chi connectivity index (χ4n) is 1.85. The first-order chi connectivity index (χ1) is 8.97. The lowest BCUT2D eigenvalue weighted by atomic mass is 10.2. The summed E-state index contributed by atoms with van der Waals surface area (Å²) in [5, 5.41) is 0. The quantitative estimate of drug-likeness (QED) is 0.861. The fraction of sp³-hybridized carbons (Fsp3) is 0.200. The zero-order valence-electron chi connectivity index (χ0n) is 10.9. The minimum atomic E-state index is -1.04. The summed E-state index contributed by atoms with van der Waals surface area (Å²) in [5.74, 6) is 0.491. The molecule has 0 aliphatic carbocycles. The molecule has 0 fully saturated rings. The molecule has 0 saturated carbocycles. The number of anilines is 1. The third-order valence-electron chi connectivity index (χ3n) is 2.95. The number of benzene rings is 2. The number of hydrogen-bond acceptors (Lipinski definition) is 2. The van der Waals surface area contributed by atoms with E-state index in [0.29, 0.717) is 11.4 Å². The van der Waals surface area contributed by atoms with Crippen molar-refractivity contribution in [1.29, 1.82) is 0 Å². The van der Waals surface area contributed by atoms with Gasteiger partial charge in [0, 0.05) is 15.1 Å². The molecule has 2 aromatic rings. The Bertz CT molecular complexity index is 640. The summed E-state index contributed by atoms with van der Waals surface area (Å²) in [5.41, 5.74) is 9.61. The van der Waals surface area contributed by atoms with Crippen LogP contribution in [-0.4, -0.2) is 4.21 Å². The molecule has 0 spiro atoms. The van der Waals surface area contributed by atoms with Crippen LogP contribution in [0.2, 0.25) is 0 Å². The zero-order chi connectivity index (χ0) is 14.0. The van der Waals surface area contributed by atoms with Crippen molar-refractivity contribution in [1.82, 2.24) is 0 Å². The zero-order valence-corrected chi connectivity index (χ0v) is 13.3. The van der Waals surface area contributed by atoms with Crippen molar-refractivity contribution in [2.75, 3.05) is 5.73 Å². The molecule has 0 heterocycles. The molecule has 0 aromatic heterocycles. The monoisotopic (exact) mass is 337 g/mol. The number of halogens is 1. The van der Waals surface area contributed by atoms with Gasteiger partial charge in [-0.05, 0) is 48.7 Å². The van der Waals surface area contributed by atoms with Crippen LogP contribution in [0.15, 0.2) is 45.8 Å². The van der Waals surface area contributed by atoms with Gasteiger partial charge in [-0.25, -0.2) is 0 Å². The fourth-order valence-corrected chi connectivity index (χ4v) is 4.01. The second kappa shape index (κ2) is 5.88. The van der Waals surface area contributed by atoms with Crippen molar-refractivity contribution in [3.8, 4) is 0 Å². The second-order valence-electron chi connectivity index (χ2n) is 4.61. The Balaban J connectivity index is 2.28. The third-order valence-corrected chi connectivity index (χ3v) is 5.19. The van der Waals surface area contributed by atoms with E-state index in [-0.39, 0.29) is 0 Å². The van der Waals surface area contributed by atoms with Crippen LogP contribution in [0, 0.1) is 13.8 Å². The molecule has 2 nitrogen and oxygen atoms in total. The Hall–Kier alpha value is -1.13. The minimum absolute atomic E-state index is 0.491. The molecule has 0 bridgehead atoms. The van der Waals surface area contributed by atoms with Gasteiger partial charge in [0.05, 0.1) is 16.6 Å². The molecular formula is C15H16BrNOS. The standard InChI is InChI=1S/C15H16BrNOS/c1-10-3-4-11(2)15(7-10)19(18)9-12-5-6-13(17)8-14(12)16/h3-8H,9,17H2,1-2H3. The summed E-state index contributed by atoms with van der Waals surface area (Å²) in [6, 6.07) is 11.6. The van der Waals surface area contributed by atoms with Gasteiger partial charge >= 0.3 is 0 Å². The van der Waals surface area contributed by atoms with Crippen LogP contribution in [-0.2, 0) is 16.6 Å². The molecule has 1 unspecified atom stereocenters. The van der Waals surface area contributed by atoms with Gasteiger partial charge in [0.25, 0.3) is 0 Å². The Kier molecular flexibility index (Phi) is 4.42. The van der Waals surface area contributed by atoms with Crippen molar-refractivity contribution >= 4 is 32.4 Å². The Morgan fingerprint density at radius 3 is 2.58 bits per heavy atom. The van der Waals surface area contributed by atoms with Crippen LogP contribution in [0.4, 0.5) is 5.69 Å². The van der Waals surface area contributed by atoms with Crippen LogP contribution < -0.4 is 5.73 Å². The average Bonchev–Trinajstić information content (AvgIpc) is 2.35. The topological polar surface area (TPSA) is 43.1 Å². The van der Waals surface area contributed by atoms with Crippen LogP contribution in [0.5, 0.6) is 0 Å². The molecule has 2 rings (SSSR count). The Morgan fingerprint density at radius 1 is 1.16 bits per heavy atom. The molecule has 100 valence electrons. The highest BCUT2D eigenvalue weighted by Crippen LogP contribution is 2.24. The van der Waals surface area contributed by atoms with Gasteiger partial charge in [-0.2, -0.15) is 0 Å². The number of rotatable bonds is 3. The highest BCUT2D eigenvalue weighted by Gasteiger charge is 2.10. The molecular weight excluding hydrogens is 322 g/mol. The molecule has 1 atom stereocenters.